The number of hydrogen-bond acceptors (Lipinski definition) is 3. The molecular weight excluding hydrogens is 453 g/mol. The lowest BCUT2D eigenvalue weighted by Gasteiger charge is -2.27. The van der Waals surface area contributed by atoms with E-state index >= 15 is 0 Å². The van der Waals surface area contributed by atoms with E-state index in [4.69, 9.17) is 9.73 Å². The molecule has 0 amide bonds. The molecule has 154 valence electrons. The Bertz CT molecular complexity index is 544. The number of aliphatic hydroxyl groups is 1. The summed E-state index contributed by atoms with van der Waals surface area (Å²) in [6.45, 7) is 6.75. The molecule has 1 aromatic carbocycles. The molecule has 1 saturated carbocycles. The summed E-state index contributed by atoms with van der Waals surface area (Å²) < 4.78 is 6.10. The normalized spacial score (nSPS) is 15.4. The largest absolute Gasteiger partial charge is 0.490 e. The number of aliphatic hydroxyl groups excluding tert-OH is 1. The fourth-order valence-electron chi connectivity index (χ4n) is 3.10. The lowest BCUT2D eigenvalue weighted by molar-refractivity contribution is 0.119. The van der Waals surface area contributed by atoms with Crippen molar-refractivity contribution in [1.82, 2.24) is 10.6 Å². The number of hydrogen-bond donors (Lipinski definition) is 3. The Balaban J connectivity index is 0.00000364. The first-order valence-electron chi connectivity index (χ1n) is 10.1. The molecule has 0 aromatic heterocycles. The highest BCUT2D eigenvalue weighted by atomic mass is 127. The summed E-state index contributed by atoms with van der Waals surface area (Å²) in [6.07, 6.45) is 7.04. The third-order valence-electron chi connectivity index (χ3n) is 4.86. The van der Waals surface area contributed by atoms with Crippen molar-refractivity contribution in [3.8, 4) is 5.75 Å². The molecule has 1 aliphatic carbocycles. The van der Waals surface area contributed by atoms with Crippen LogP contribution in [0, 0.1) is 5.92 Å². The minimum atomic E-state index is 0. The molecule has 1 fully saturated rings. The topological polar surface area (TPSA) is 65.9 Å². The van der Waals surface area contributed by atoms with Crippen LogP contribution in [0.1, 0.15) is 57.9 Å². The zero-order chi connectivity index (χ0) is 18.6. The highest BCUT2D eigenvalue weighted by Gasteiger charge is 2.20. The smallest absolute Gasteiger partial charge is 0.191 e. The second-order valence-corrected chi connectivity index (χ2v) is 7.02. The summed E-state index contributed by atoms with van der Waals surface area (Å²) in [6, 6.07) is 8.20. The van der Waals surface area contributed by atoms with Crippen molar-refractivity contribution in [2.45, 2.75) is 65.0 Å². The molecular formula is C21H36IN3O2. The number of nitrogens with zero attached hydrogens (tertiary/aromatic N) is 1. The molecule has 0 heterocycles. The van der Waals surface area contributed by atoms with E-state index in [1.54, 1.807) is 0 Å². The molecule has 2 rings (SSSR count). The van der Waals surface area contributed by atoms with Crippen LogP contribution in [-0.4, -0.2) is 36.9 Å². The van der Waals surface area contributed by atoms with Gasteiger partial charge < -0.3 is 20.5 Å². The molecule has 0 bridgehead atoms. The second-order valence-electron chi connectivity index (χ2n) is 7.02. The molecule has 0 radical (unpaired) electrons. The Morgan fingerprint density at radius 2 is 2.00 bits per heavy atom. The highest BCUT2D eigenvalue weighted by Crippen LogP contribution is 2.27. The van der Waals surface area contributed by atoms with Crippen LogP contribution in [0.15, 0.2) is 29.3 Å². The van der Waals surface area contributed by atoms with Crippen LogP contribution in [0.25, 0.3) is 0 Å². The van der Waals surface area contributed by atoms with Gasteiger partial charge in [0.15, 0.2) is 5.96 Å². The van der Waals surface area contributed by atoms with Crippen molar-refractivity contribution in [2.24, 2.45) is 10.9 Å². The van der Waals surface area contributed by atoms with Crippen molar-refractivity contribution in [3.63, 3.8) is 0 Å². The third-order valence-corrected chi connectivity index (χ3v) is 4.86. The first-order valence-corrected chi connectivity index (χ1v) is 10.1. The number of ether oxygens (including phenoxy) is 1. The van der Waals surface area contributed by atoms with Crippen LogP contribution < -0.4 is 15.4 Å². The van der Waals surface area contributed by atoms with Gasteiger partial charge in [0.2, 0.25) is 0 Å². The molecule has 5 nitrogen and oxygen atoms in total. The van der Waals surface area contributed by atoms with E-state index < -0.39 is 0 Å². The number of nitrogens with one attached hydrogen (secondary N) is 2. The van der Waals surface area contributed by atoms with Crippen molar-refractivity contribution in [3.05, 3.63) is 29.8 Å². The van der Waals surface area contributed by atoms with E-state index in [0.717, 1.165) is 62.5 Å². The molecule has 1 aromatic rings. The zero-order valence-corrected chi connectivity index (χ0v) is 19.1. The summed E-state index contributed by atoms with van der Waals surface area (Å²) in [5, 5.41) is 16.0. The minimum absolute atomic E-state index is 0. The molecule has 27 heavy (non-hydrogen) atoms. The van der Waals surface area contributed by atoms with Gasteiger partial charge in [0.25, 0.3) is 0 Å². The number of para-hydroxylation sites is 1. The Kier molecular flexibility index (Phi) is 12.5. The van der Waals surface area contributed by atoms with Crippen molar-refractivity contribution < 1.29 is 9.84 Å². The van der Waals surface area contributed by atoms with Crippen molar-refractivity contribution in [1.29, 1.82) is 0 Å². The number of rotatable bonds is 11. The molecule has 6 heteroatoms. The number of aliphatic imine (C=N–C) groups is 1. The lowest BCUT2D eigenvalue weighted by atomic mass is 9.96. The van der Waals surface area contributed by atoms with Gasteiger partial charge in [-0.15, -0.1) is 24.0 Å². The first kappa shape index (κ1) is 24.0. The van der Waals surface area contributed by atoms with Crippen LogP contribution in [0.2, 0.25) is 0 Å². The van der Waals surface area contributed by atoms with E-state index in [-0.39, 0.29) is 30.6 Å². The Morgan fingerprint density at radius 1 is 1.22 bits per heavy atom. The molecule has 1 atom stereocenters. The quantitative estimate of drug-likeness (QED) is 0.249. The van der Waals surface area contributed by atoms with Gasteiger partial charge in [-0.05, 0) is 51.0 Å². The van der Waals surface area contributed by atoms with Crippen molar-refractivity contribution in [2.75, 3.05) is 19.7 Å². The summed E-state index contributed by atoms with van der Waals surface area (Å²) in [7, 11) is 0. The fourth-order valence-corrected chi connectivity index (χ4v) is 3.10. The van der Waals surface area contributed by atoms with Gasteiger partial charge >= 0.3 is 0 Å². The van der Waals surface area contributed by atoms with Crippen LogP contribution >= 0.6 is 24.0 Å². The predicted octanol–water partition coefficient (Wildman–Crippen LogP) is 4.09. The van der Waals surface area contributed by atoms with E-state index in [0.29, 0.717) is 18.6 Å². The molecule has 3 N–H and O–H groups in total. The van der Waals surface area contributed by atoms with Crippen LogP contribution in [0.4, 0.5) is 0 Å². The van der Waals surface area contributed by atoms with Gasteiger partial charge in [0.05, 0.1) is 12.6 Å². The van der Waals surface area contributed by atoms with Gasteiger partial charge in [-0.25, -0.2) is 4.99 Å². The highest BCUT2D eigenvalue weighted by molar-refractivity contribution is 14.0. The summed E-state index contributed by atoms with van der Waals surface area (Å²) in [5.74, 6) is 2.26. The standard InChI is InChI=1S/C21H35N3O2.HI/c1-3-8-17(13-14-25)15-23-21(22-4-2)24-16-18-9-5-6-12-20(18)26-19-10-7-11-19;/h5-6,9,12,17,19,25H,3-4,7-8,10-11,13-16H2,1-2H3,(H2,22,23,24);1H. The van der Waals surface area contributed by atoms with Gasteiger partial charge in [-0.3, -0.25) is 0 Å². The number of guanidine groups is 1. The Labute approximate surface area is 181 Å². The molecule has 1 aliphatic rings. The SMILES string of the molecule is CCCC(CCO)CNC(=NCc1ccccc1OC1CCC1)NCC.I. The first-order chi connectivity index (χ1) is 12.8. The Morgan fingerprint density at radius 3 is 2.63 bits per heavy atom. The Hall–Kier alpha value is -1.02. The van der Waals surface area contributed by atoms with E-state index in [1.807, 2.05) is 18.2 Å². The number of halogens is 1. The van der Waals surface area contributed by atoms with Gasteiger partial charge in [0.1, 0.15) is 5.75 Å². The molecule has 1 unspecified atom stereocenters. The molecule has 0 aliphatic heterocycles. The predicted molar refractivity (Wildman–Crippen MR) is 123 cm³/mol. The van der Waals surface area contributed by atoms with Gasteiger partial charge in [-0.2, -0.15) is 0 Å². The van der Waals surface area contributed by atoms with Crippen LogP contribution in [0.3, 0.4) is 0 Å². The average Bonchev–Trinajstić information content (AvgIpc) is 2.61. The second kappa shape index (κ2) is 14.0. The summed E-state index contributed by atoms with van der Waals surface area (Å²) in [4.78, 5) is 4.74. The average molecular weight is 489 g/mol. The zero-order valence-electron chi connectivity index (χ0n) is 16.7. The summed E-state index contributed by atoms with van der Waals surface area (Å²) >= 11 is 0. The lowest BCUT2D eigenvalue weighted by Crippen LogP contribution is -2.40. The number of benzene rings is 1. The third kappa shape index (κ3) is 8.68. The van der Waals surface area contributed by atoms with E-state index in [9.17, 15) is 5.11 Å². The molecule has 0 spiro atoms. The van der Waals surface area contributed by atoms with Crippen LogP contribution in [0.5, 0.6) is 5.75 Å². The maximum Gasteiger partial charge on any atom is 0.191 e. The maximum atomic E-state index is 9.22. The van der Waals surface area contributed by atoms with Gasteiger partial charge in [0, 0.05) is 25.3 Å². The minimum Gasteiger partial charge on any atom is -0.490 e. The van der Waals surface area contributed by atoms with Crippen molar-refractivity contribution >= 4 is 29.9 Å². The maximum absolute atomic E-state index is 9.22. The van der Waals surface area contributed by atoms with E-state index in [2.05, 4.69) is 30.5 Å². The molecule has 0 saturated heterocycles. The monoisotopic (exact) mass is 489 g/mol. The van der Waals surface area contributed by atoms with Crippen LogP contribution in [-0.2, 0) is 6.54 Å². The fraction of sp³-hybridized carbons (Fsp3) is 0.667. The summed E-state index contributed by atoms with van der Waals surface area (Å²) in [5.41, 5.74) is 1.12. The van der Waals surface area contributed by atoms with E-state index in [1.165, 1.54) is 6.42 Å². The van der Waals surface area contributed by atoms with Gasteiger partial charge in [-0.1, -0.05) is 31.5 Å².